The second-order valence-electron chi connectivity index (χ2n) is 6.50. The third-order valence-electron chi connectivity index (χ3n) is 4.53. The van der Waals surface area contributed by atoms with Crippen LogP contribution in [0.2, 0.25) is 0 Å². The Balaban J connectivity index is 1.33. The molecule has 144 valence electrons. The third-order valence-corrected chi connectivity index (χ3v) is 4.95. The minimum atomic E-state index is -0.219. The first-order valence-electron chi connectivity index (χ1n) is 9.13. The number of carbonyl (C=O) groups is 2. The van der Waals surface area contributed by atoms with Gasteiger partial charge in [0.25, 0.3) is 5.91 Å². The molecule has 1 aromatic heterocycles. The molecule has 0 radical (unpaired) electrons. The first-order valence-corrected chi connectivity index (χ1v) is 9.93. The fourth-order valence-corrected chi connectivity index (χ4v) is 3.36. The Labute approximate surface area is 167 Å². The number of nitrogens with one attached hydrogen (secondary N) is 1. The minimum Gasteiger partial charge on any atom is -0.494 e. The van der Waals surface area contributed by atoms with Crippen molar-refractivity contribution >= 4 is 27.7 Å². The molecule has 0 unspecified atom stereocenters. The molecule has 2 amide bonds. The van der Waals surface area contributed by atoms with Gasteiger partial charge in [-0.2, -0.15) is 0 Å². The van der Waals surface area contributed by atoms with Crippen LogP contribution >= 0.6 is 15.9 Å². The zero-order chi connectivity index (χ0) is 19.1. The van der Waals surface area contributed by atoms with Crippen molar-refractivity contribution in [1.82, 2.24) is 10.2 Å². The van der Waals surface area contributed by atoms with Crippen molar-refractivity contribution in [1.29, 1.82) is 0 Å². The Hall–Kier alpha value is -2.28. The van der Waals surface area contributed by atoms with E-state index in [1.807, 2.05) is 35.2 Å². The average Bonchev–Trinajstić information content (AvgIpc) is 3.13. The average molecular weight is 435 g/mol. The van der Waals surface area contributed by atoms with Gasteiger partial charge in [-0.15, -0.1) is 0 Å². The number of amides is 2. The Kier molecular flexibility index (Phi) is 6.92. The number of furan rings is 1. The second-order valence-corrected chi connectivity index (χ2v) is 7.28. The van der Waals surface area contributed by atoms with Crippen molar-refractivity contribution in [2.24, 2.45) is 0 Å². The molecule has 1 aromatic carbocycles. The minimum absolute atomic E-state index is 0.0619. The van der Waals surface area contributed by atoms with Gasteiger partial charge in [0, 0.05) is 25.6 Å². The van der Waals surface area contributed by atoms with Crippen LogP contribution < -0.4 is 10.1 Å². The summed E-state index contributed by atoms with van der Waals surface area (Å²) in [5, 5.41) is 2.97. The van der Waals surface area contributed by atoms with E-state index in [-0.39, 0.29) is 17.9 Å². The molecular formula is C20H23BrN2O4. The number of halogens is 1. The Morgan fingerprint density at radius 3 is 2.56 bits per heavy atom. The maximum atomic E-state index is 12.3. The third kappa shape index (κ3) is 5.85. The maximum absolute atomic E-state index is 12.3. The highest BCUT2D eigenvalue weighted by Crippen LogP contribution is 2.16. The van der Waals surface area contributed by atoms with Crippen LogP contribution in [0.3, 0.4) is 0 Å². The van der Waals surface area contributed by atoms with E-state index in [0.717, 1.165) is 18.6 Å². The lowest BCUT2D eigenvalue weighted by molar-refractivity contribution is -0.132. The maximum Gasteiger partial charge on any atom is 0.287 e. The topological polar surface area (TPSA) is 71.8 Å². The molecule has 1 fully saturated rings. The predicted molar refractivity (Wildman–Crippen MR) is 105 cm³/mol. The van der Waals surface area contributed by atoms with Crippen LogP contribution in [0.5, 0.6) is 5.75 Å². The van der Waals surface area contributed by atoms with E-state index in [4.69, 9.17) is 9.15 Å². The van der Waals surface area contributed by atoms with Gasteiger partial charge in [-0.3, -0.25) is 9.59 Å². The molecule has 6 nitrogen and oxygen atoms in total. The van der Waals surface area contributed by atoms with Gasteiger partial charge in [0.15, 0.2) is 10.4 Å². The highest BCUT2D eigenvalue weighted by Gasteiger charge is 2.24. The molecule has 1 N–H and O–H groups in total. The molecule has 0 bridgehead atoms. The number of rotatable bonds is 7. The van der Waals surface area contributed by atoms with Gasteiger partial charge < -0.3 is 19.4 Å². The summed E-state index contributed by atoms with van der Waals surface area (Å²) in [6.07, 6.45) is 2.67. The fraction of sp³-hybridized carbons (Fsp3) is 0.400. The zero-order valence-corrected chi connectivity index (χ0v) is 16.6. The van der Waals surface area contributed by atoms with Crippen molar-refractivity contribution in [3.8, 4) is 5.75 Å². The lowest BCUT2D eigenvalue weighted by Gasteiger charge is -2.32. The standard InChI is InChI=1S/C20H23BrN2O4/c21-18-9-8-17(27-18)20(25)22-15-10-12-23(13-11-15)19(24)7-4-14-26-16-5-2-1-3-6-16/h1-3,5-6,8-9,15H,4,7,10-14H2,(H,22,25). The van der Waals surface area contributed by atoms with Gasteiger partial charge in [0.2, 0.25) is 5.91 Å². The summed E-state index contributed by atoms with van der Waals surface area (Å²) in [7, 11) is 0. The summed E-state index contributed by atoms with van der Waals surface area (Å²) < 4.78 is 11.4. The van der Waals surface area contributed by atoms with Crippen LogP contribution in [0.4, 0.5) is 0 Å². The van der Waals surface area contributed by atoms with Crippen molar-refractivity contribution in [3.05, 3.63) is 52.9 Å². The quantitative estimate of drug-likeness (QED) is 0.675. The van der Waals surface area contributed by atoms with Gasteiger partial charge in [0.1, 0.15) is 5.75 Å². The van der Waals surface area contributed by atoms with E-state index in [1.165, 1.54) is 0 Å². The summed E-state index contributed by atoms with van der Waals surface area (Å²) in [5.41, 5.74) is 0. The van der Waals surface area contributed by atoms with E-state index in [0.29, 0.717) is 43.0 Å². The predicted octanol–water partition coefficient (Wildman–Crippen LogP) is 3.62. The smallest absolute Gasteiger partial charge is 0.287 e. The van der Waals surface area contributed by atoms with Crippen LogP contribution in [0.15, 0.2) is 51.6 Å². The number of hydrogen-bond acceptors (Lipinski definition) is 4. The highest BCUT2D eigenvalue weighted by molar-refractivity contribution is 9.10. The van der Waals surface area contributed by atoms with Crippen molar-refractivity contribution < 1.29 is 18.7 Å². The largest absolute Gasteiger partial charge is 0.494 e. The number of benzene rings is 1. The van der Waals surface area contributed by atoms with Crippen LogP contribution in [0, 0.1) is 0 Å². The zero-order valence-electron chi connectivity index (χ0n) is 15.0. The molecule has 1 aliphatic heterocycles. The van der Waals surface area contributed by atoms with Crippen LogP contribution in [0.1, 0.15) is 36.2 Å². The summed E-state index contributed by atoms with van der Waals surface area (Å²) >= 11 is 3.19. The Morgan fingerprint density at radius 1 is 1.15 bits per heavy atom. The van der Waals surface area contributed by atoms with Crippen LogP contribution in [-0.4, -0.2) is 42.5 Å². The first-order chi connectivity index (χ1) is 13.1. The van der Waals surface area contributed by atoms with Crippen LogP contribution in [-0.2, 0) is 4.79 Å². The number of ether oxygens (including phenoxy) is 1. The number of carbonyl (C=O) groups excluding carboxylic acids is 2. The second kappa shape index (κ2) is 9.60. The number of nitrogens with zero attached hydrogens (tertiary/aromatic N) is 1. The molecule has 27 heavy (non-hydrogen) atoms. The number of likely N-dealkylation sites (tertiary alicyclic amines) is 1. The fourth-order valence-electron chi connectivity index (χ4n) is 3.05. The molecule has 1 aliphatic rings. The highest BCUT2D eigenvalue weighted by atomic mass is 79.9. The first kappa shape index (κ1) is 19.5. The van der Waals surface area contributed by atoms with Gasteiger partial charge in [0.05, 0.1) is 6.61 Å². The molecule has 2 aromatic rings. The number of para-hydroxylation sites is 1. The van der Waals surface area contributed by atoms with Crippen molar-refractivity contribution in [2.75, 3.05) is 19.7 Å². The molecule has 0 spiro atoms. The molecule has 1 saturated heterocycles. The molecule has 0 saturated carbocycles. The van der Waals surface area contributed by atoms with Crippen LogP contribution in [0.25, 0.3) is 0 Å². The summed E-state index contributed by atoms with van der Waals surface area (Å²) in [6, 6.07) is 13.0. The molecular weight excluding hydrogens is 412 g/mol. The molecule has 7 heteroatoms. The molecule has 0 aliphatic carbocycles. The van der Waals surface area contributed by atoms with Crippen molar-refractivity contribution in [2.45, 2.75) is 31.7 Å². The Morgan fingerprint density at radius 2 is 1.89 bits per heavy atom. The molecule has 2 heterocycles. The SMILES string of the molecule is O=C(NC1CCN(C(=O)CCCOc2ccccc2)CC1)c1ccc(Br)o1. The van der Waals surface area contributed by atoms with Gasteiger partial charge in [-0.1, -0.05) is 18.2 Å². The van der Waals surface area contributed by atoms with E-state index in [1.54, 1.807) is 12.1 Å². The summed E-state index contributed by atoms with van der Waals surface area (Å²) in [5.74, 6) is 1.04. The monoisotopic (exact) mass is 434 g/mol. The van der Waals surface area contributed by atoms with Crippen molar-refractivity contribution in [3.63, 3.8) is 0 Å². The summed E-state index contributed by atoms with van der Waals surface area (Å²) in [6.45, 7) is 1.84. The van der Waals surface area contributed by atoms with E-state index < -0.39 is 0 Å². The normalized spacial score (nSPS) is 14.8. The molecule has 3 rings (SSSR count). The lowest BCUT2D eigenvalue weighted by Crippen LogP contribution is -2.46. The lowest BCUT2D eigenvalue weighted by atomic mass is 10.0. The number of hydrogen-bond donors (Lipinski definition) is 1. The summed E-state index contributed by atoms with van der Waals surface area (Å²) in [4.78, 5) is 26.3. The van der Waals surface area contributed by atoms with Gasteiger partial charge >= 0.3 is 0 Å². The Bertz CT molecular complexity index is 754. The van der Waals surface area contributed by atoms with E-state index in [9.17, 15) is 9.59 Å². The van der Waals surface area contributed by atoms with E-state index >= 15 is 0 Å². The van der Waals surface area contributed by atoms with E-state index in [2.05, 4.69) is 21.2 Å². The number of piperidine rings is 1. The molecule has 0 atom stereocenters. The van der Waals surface area contributed by atoms with Gasteiger partial charge in [-0.25, -0.2) is 0 Å². The van der Waals surface area contributed by atoms with Gasteiger partial charge in [-0.05, 0) is 59.5 Å².